The summed E-state index contributed by atoms with van der Waals surface area (Å²) in [5.41, 5.74) is 0.526. The van der Waals surface area contributed by atoms with E-state index in [4.69, 9.17) is 16.7 Å². The zero-order chi connectivity index (χ0) is 15.5. The predicted molar refractivity (Wildman–Crippen MR) is 83.7 cm³/mol. The smallest absolute Gasteiger partial charge is 0.240 e. The number of hydrogen-bond acceptors (Lipinski definition) is 3. The molecule has 2 atom stereocenters. The highest BCUT2D eigenvalue weighted by molar-refractivity contribution is 7.89. The van der Waals surface area contributed by atoms with Crippen molar-refractivity contribution in [2.75, 3.05) is 0 Å². The first kappa shape index (κ1) is 16.7. The molecule has 118 valence electrons. The zero-order valence-corrected chi connectivity index (χ0v) is 13.8. The summed E-state index contributed by atoms with van der Waals surface area (Å²) in [7, 11) is -3.57. The van der Waals surface area contributed by atoms with Gasteiger partial charge in [-0.15, -0.1) is 0 Å². The molecule has 0 aliphatic heterocycles. The van der Waals surface area contributed by atoms with Crippen LogP contribution in [0.25, 0.3) is 0 Å². The molecule has 0 spiro atoms. The SMILES string of the molecule is CC1CCCCCC1NS(=O)(=O)c1ccc(CO)c(Cl)c1. The molecule has 0 saturated heterocycles. The minimum atomic E-state index is -3.57. The van der Waals surface area contributed by atoms with Crippen molar-refractivity contribution in [1.29, 1.82) is 0 Å². The van der Waals surface area contributed by atoms with E-state index in [9.17, 15) is 8.42 Å². The average Bonchev–Trinajstić information content (AvgIpc) is 2.64. The van der Waals surface area contributed by atoms with Gasteiger partial charge in [0.1, 0.15) is 0 Å². The molecule has 0 amide bonds. The molecule has 1 aromatic rings. The number of rotatable bonds is 4. The molecule has 0 radical (unpaired) electrons. The summed E-state index contributed by atoms with van der Waals surface area (Å²) < 4.78 is 27.8. The summed E-state index contributed by atoms with van der Waals surface area (Å²) >= 11 is 5.98. The van der Waals surface area contributed by atoms with Crippen molar-refractivity contribution in [2.45, 2.75) is 56.6 Å². The summed E-state index contributed by atoms with van der Waals surface area (Å²) in [6, 6.07) is 4.42. The van der Waals surface area contributed by atoms with Gasteiger partial charge in [0.25, 0.3) is 0 Å². The van der Waals surface area contributed by atoms with E-state index in [0.717, 1.165) is 25.7 Å². The second-order valence-electron chi connectivity index (χ2n) is 5.75. The topological polar surface area (TPSA) is 66.4 Å². The minimum absolute atomic E-state index is 0.0196. The third-order valence-electron chi connectivity index (χ3n) is 4.17. The first-order valence-electron chi connectivity index (χ1n) is 7.35. The maximum absolute atomic E-state index is 12.5. The van der Waals surface area contributed by atoms with Crippen molar-refractivity contribution < 1.29 is 13.5 Å². The van der Waals surface area contributed by atoms with Crippen LogP contribution in [0.3, 0.4) is 0 Å². The van der Waals surface area contributed by atoms with Crippen LogP contribution in [-0.2, 0) is 16.6 Å². The first-order chi connectivity index (χ1) is 9.94. The van der Waals surface area contributed by atoms with Gasteiger partial charge in [-0.05, 0) is 36.5 Å². The Morgan fingerprint density at radius 2 is 2.00 bits per heavy atom. The lowest BCUT2D eigenvalue weighted by Crippen LogP contribution is -2.38. The van der Waals surface area contributed by atoms with Crippen LogP contribution in [-0.4, -0.2) is 19.6 Å². The molecule has 4 nitrogen and oxygen atoms in total. The molecule has 1 aliphatic rings. The second kappa shape index (κ2) is 7.09. The molecule has 1 aliphatic carbocycles. The van der Waals surface area contributed by atoms with Gasteiger partial charge in [0.15, 0.2) is 0 Å². The molecule has 1 aromatic carbocycles. The van der Waals surface area contributed by atoms with Crippen molar-refractivity contribution in [1.82, 2.24) is 4.72 Å². The van der Waals surface area contributed by atoms with Crippen molar-refractivity contribution in [2.24, 2.45) is 5.92 Å². The van der Waals surface area contributed by atoms with Gasteiger partial charge in [0.05, 0.1) is 11.5 Å². The lowest BCUT2D eigenvalue weighted by Gasteiger charge is -2.22. The van der Waals surface area contributed by atoms with Gasteiger partial charge in [-0.25, -0.2) is 13.1 Å². The Bertz CT molecular complexity index is 589. The number of aliphatic hydroxyl groups is 1. The third-order valence-corrected chi connectivity index (χ3v) is 6.01. The predicted octanol–water partition coefficient (Wildman–Crippen LogP) is 3.08. The molecular weight excluding hydrogens is 310 g/mol. The highest BCUT2D eigenvalue weighted by Gasteiger charge is 2.26. The Labute approximate surface area is 131 Å². The Balaban J connectivity index is 2.19. The molecule has 1 fully saturated rings. The number of aliphatic hydroxyl groups excluding tert-OH is 1. The van der Waals surface area contributed by atoms with E-state index < -0.39 is 10.0 Å². The fourth-order valence-electron chi connectivity index (χ4n) is 2.76. The molecule has 0 heterocycles. The average molecular weight is 332 g/mol. The van der Waals surface area contributed by atoms with Gasteiger partial charge in [-0.3, -0.25) is 0 Å². The fraction of sp³-hybridized carbons (Fsp3) is 0.600. The minimum Gasteiger partial charge on any atom is -0.392 e. The van der Waals surface area contributed by atoms with E-state index in [0.29, 0.717) is 11.5 Å². The lowest BCUT2D eigenvalue weighted by molar-refractivity contribution is 0.282. The summed E-state index contributed by atoms with van der Waals surface area (Å²) in [6.07, 6.45) is 5.32. The number of benzene rings is 1. The lowest BCUT2D eigenvalue weighted by atomic mass is 9.98. The van der Waals surface area contributed by atoms with Gasteiger partial charge in [-0.2, -0.15) is 0 Å². The summed E-state index contributed by atoms with van der Waals surface area (Å²) in [6.45, 7) is 1.90. The maximum Gasteiger partial charge on any atom is 0.240 e. The van der Waals surface area contributed by atoms with Crippen molar-refractivity contribution in [3.63, 3.8) is 0 Å². The molecule has 21 heavy (non-hydrogen) atoms. The number of halogens is 1. The van der Waals surface area contributed by atoms with Crippen LogP contribution in [0.5, 0.6) is 0 Å². The van der Waals surface area contributed by atoms with E-state index in [1.807, 2.05) is 0 Å². The first-order valence-corrected chi connectivity index (χ1v) is 9.22. The Hall–Kier alpha value is -0.620. The summed E-state index contributed by atoms with van der Waals surface area (Å²) in [5, 5.41) is 9.36. The second-order valence-corrected chi connectivity index (χ2v) is 7.88. The van der Waals surface area contributed by atoms with E-state index in [1.165, 1.54) is 18.6 Å². The highest BCUT2D eigenvalue weighted by Crippen LogP contribution is 2.26. The van der Waals surface area contributed by atoms with E-state index in [1.54, 1.807) is 6.07 Å². The highest BCUT2D eigenvalue weighted by atomic mass is 35.5. The summed E-state index contributed by atoms with van der Waals surface area (Å²) in [5.74, 6) is 0.342. The van der Waals surface area contributed by atoms with E-state index in [-0.39, 0.29) is 22.6 Å². The van der Waals surface area contributed by atoms with Crippen LogP contribution >= 0.6 is 11.6 Å². The fourth-order valence-corrected chi connectivity index (χ4v) is 4.47. The van der Waals surface area contributed by atoms with Gasteiger partial charge in [0, 0.05) is 11.1 Å². The van der Waals surface area contributed by atoms with Crippen LogP contribution in [0.4, 0.5) is 0 Å². The number of nitrogens with one attached hydrogen (secondary N) is 1. The molecule has 2 rings (SSSR count). The molecule has 0 aromatic heterocycles. The van der Waals surface area contributed by atoms with Crippen molar-refractivity contribution >= 4 is 21.6 Å². The molecule has 6 heteroatoms. The van der Waals surface area contributed by atoms with Crippen LogP contribution < -0.4 is 4.72 Å². The van der Waals surface area contributed by atoms with E-state index in [2.05, 4.69) is 11.6 Å². The van der Waals surface area contributed by atoms with Gasteiger partial charge in [-0.1, -0.05) is 43.9 Å². The van der Waals surface area contributed by atoms with Gasteiger partial charge < -0.3 is 5.11 Å². The third kappa shape index (κ3) is 4.19. The van der Waals surface area contributed by atoms with Crippen LogP contribution in [0.1, 0.15) is 44.6 Å². The largest absolute Gasteiger partial charge is 0.392 e. The summed E-state index contributed by atoms with van der Waals surface area (Å²) in [4.78, 5) is 0.154. The molecule has 2 N–H and O–H groups in total. The Morgan fingerprint density at radius 3 is 2.67 bits per heavy atom. The zero-order valence-electron chi connectivity index (χ0n) is 12.2. The van der Waals surface area contributed by atoms with E-state index >= 15 is 0 Å². The molecular formula is C15H22ClNO3S. The Morgan fingerprint density at radius 1 is 1.29 bits per heavy atom. The number of hydrogen-bond donors (Lipinski definition) is 2. The quantitative estimate of drug-likeness (QED) is 0.833. The van der Waals surface area contributed by atoms with Crippen LogP contribution in [0.15, 0.2) is 23.1 Å². The maximum atomic E-state index is 12.5. The normalized spacial score (nSPS) is 23.8. The van der Waals surface area contributed by atoms with Gasteiger partial charge >= 0.3 is 0 Å². The Kier molecular flexibility index (Phi) is 5.66. The standard InChI is InChI=1S/C15H22ClNO3S/c1-11-5-3-2-4-6-15(11)17-21(19,20)13-8-7-12(10-18)14(16)9-13/h7-9,11,15,17-18H,2-6,10H2,1H3. The van der Waals surface area contributed by atoms with Crippen molar-refractivity contribution in [3.05, 3.63) is 28.8 Å². The number of sulfonamides is 1. The van der Waals surface area contributed by atoms with Gasteiger partial charge in [0.2, 0.25) is 10.0 Å². The molecule has 1 saturated carbocycles. The van der Waals surface area contributed by atoms with Crippen molar-refractivity contribution in [3.8, 4) is 0 Å². The van der Waals surface area contributed by atoms with Crippen LogP contribution in [0.2, 0.25) is 5.02 Å². The molecule has 2 unspecified atom stereocenters. The van der Waals surface area contributed by atoms with Crippen LogP contribution in [0, 0.1) is 5.92 Å². The monoisotopic (exact) mass is 331 g/mol. The molecule has 0 bridgehead atoms.